The second-order valence-corrected chi connectivity index (χ2v) is 6.01. The van der Waals surface area contributed by atoms with Gasteiger partial charge in [-0.15, -0.1) is 0 Å². The van der Waals surface area contributed by atoms with Gasteiger partial charge in [0.2, 0.25) is 5.78 Å². The van der Waals surface area contributed by atoms with Crippen molar-refractivity contribution >= 4 is 27.7 Å². The molecular formula is C14H13BrO4. The maximum atomic E-state index is 12.2. The maximum absolute atomic E-state index is 12.2. The number of carbonyl (C=O) groups is 1. The van der Waals surface area contributed by atoms with Crippen molar-refractivity contribution in [3.8, 4) is 5.75 Å². The van der Waals surface area contributed by atoms with E-state index < -0.39 is 17.5 Å². The van der Waals surface area contributed by atoms with E-state index in [-0.39, 0.29) is 5.76 Å². The first-order valence-electron chi connectivity index (χ1n) is 5.77. The van der Waals surface area contributed by atoms with Gasteiger partial charge in [0.15, 0.2) is 12.0 Å². The summed E-state index contributed by atoms with van der Waals surface area (Å²) in [7, 11) is 0. The Bertz CT molecular complexity index is 580. The van der Waals surface area contributed by atoms with Crippen LogP contribution in [-0.2, 0) is 14.3 Å². The molecule has 1 aliphatic heterocycles. The van der Waals surface area contributed by atoms with Gasteiger partial charge in [-0.2, -0.15) is 0 Å². The van der Waals surface area contributed by atoms with Gasteiger partial charge in [-0.1, -0.05) is 22.0 Å². The number of ether oxygens (including phenoxy) is 2. The van der Waals surface area contributed by atoms with E-state index in [9.17, 15) is 9.59 Å². The third-order valence-electron chi connectivity index (χ3n) is 2.51. The average Bonchev–Trinajstić information content (AvgIpc) is 2.31. The summed E-state index contributed by atoms with van der Waals surface area (Å²) in [5.41, 5.74) is 0.0690. The molecule has 1 atom stereocenters. The van der Waals surface area contributed by atoms with Gasteiger partial charge >= 0.3 is 0 Å². The van der Waals surface area contributed by atoms with Crippen LogP contribution in [0.3, 0.4) is 0 Å². The van der Waals surface area contributed by atoms with Crippen molar-refractivity contribution in [2.75, 3.05) is 0 Å². The highest BCUT2D eigenvalue weighted by Crippen LogP contribution is 2.41. The van der Waals surface area contributed by atoms with Crippen molar-refractivity contribution in [3.05, 3.63) is 34.0 Å². The molecular weight excluding hydrogens is 312 g/mol. The van der Waals surface area contributed by atoms with Gasteiger partial charge in [0.25, 0.3) is 5.76 Å². The Labute approximate surface area is 119 Å². The van der Waals surface area contributed by atoms with Crippen molar-refractivity contribution in [2.45, 2.75) is 32.5 Å². The number of hydrogen-bond acceptors (Lipinski definition) is 4. The number of benzene rings is 1. The zero-order valence-corrected chi connectivity index (χ0v) is 12.4. The Hall–Kier alpha value is -1.42. The summed E-state index contributed by atoms with van der Waals surface area (Å²) < 4.78 is 11.7. The molecule has 1 aromatic rings. The zero-order chi connectivity index (χ0) is 14.2. The highest BCUT2D eigenvalue weighted by molar-refractivity contribution is 9.10. The summed E-state index contributed by atoms with van der Waals surface area (Å²) in [6, 6.07) is 5.24. The maximum Gasteiger partial charge on any atom is 0.256 e. The molecule has 1 unspecified atom stereocenters. The van der Waals surface area contributed by atoms with Gasteiger partial charge in [0.1, 0.15) is 5.75 Å². The minimum atomic E-state index is -0.865. The third-order valence-corrected chi connectivity index (χ3v) is 3.20. The van der Waals surface area contributed by atoms with Crippen molar-refractivity contribution < 1.29 is 19.1 Å². The lowest BCUT2D eigenvalue weighted by Crippen LogP contribution is -2.32. The van der Waals surface area contributed by atoms with Crippen LogP contribution in [0.5, 0.6) is 5.75 Å². The molecule has 2 rings (SSSR count). The largest absolute Gasteiger partial charge is 0.442 e. The Morgan fingerprint density at radius 2 is 2.05 bits per heavy atom. The first-order valence-corrected chi connectivity index (χ1v) is 6.56. The molecule has 1 heterocycles. The van der Waals surface area contributed by atoms with Gasteiger partial charge in [-0.3, -0.25) is 4.79 Å². The van der Waals surface area contributed by atoms with E-state index in [1.165, 1.54) is 5.94 Å². The second kappa shape index (κ2) is 4.93. The summed E-state index contributed by atoms with van der Waals surface area (Å²) in [5, 5.41) is 0. The highest BCUT2D eigenvalue weighted by atomic mass is 79.9. The lowest BCUT2D eigenvalue weighted by molar-refractivity contribution is -0.141. The quantitative estimate of drug-likeness (QED) is 0.588. The molecule has 1 aromatic carbocycles. The van der Waals surface area contributed by atoms with E-state index in [2.05, 4.69) is 15.9 Å². The van der Waals surface area contributed by atoms with E-state index >= 15 is 0 Å². The smallest absolute Gasteiger partial charge is 0.256 e. The predicted molar refractivity (Wildman–Crippen MR) is 72.6 cm³/mol. The lowest BCUT2D eigenvalue weighted by atomic mass is 9.99. The Kier molecular flexibility index (Phi) is 3.63. The normalized spacial score (nSPS) is 18.6. The van der Waals surface area contributed by atoms with E-state index in [1.54, 1.807) is 18.2 Å². The van der Waals surface area contributed by atoms with Crippen LogP contribution in [0.25, 0.3) is 0 Å². The van der Waals surface area contributed by atoms with Crippen LogP contribution in [0, 0.1) is 0 Å². The number of fused-ring (bicyclic) bond motifs is 1. The first kappa shape index (κ1) is 14.0. The van der Waals surface area contributed by atoms with E-state index in [1.807, 2.05) is 20.8 Å². The zero-order valence-electron chi connectivity index (χ0n) is 10.8. The number of carbonyl (C=O) groups excluding carboxylic acids is 2. The van der Waals surface area contributed by atoms with Crippen LogP contribution in [0.1, 0.15) is 32.4 Å². The molecule has 0 fully saturated rings. The van der Waals surface area contributed by atoms with E-state index in [0.717, 1.165) is 0 Å². The van der Waals surface area contributed by atoms with Crippen LogP contribution in [0.4, 0.5) is 0 Å². The summed E-state index contributed by atoms with van der Waals surface area (Å²) >= 11 is 3.38. The second-order valence-electron chi connectivity index (χ2n) is 5.16. The number of ketones is 1. The van der Waals surface area contributed by atoms with Crippen LogP contribution in [0.15, 0.2) is 28.4 Å². The molecule has 1 aliphatic rings. The van der Waals surface area contributed by atoms with E-state index in [0.29, 0.717) is 15.8 Å². The molecule has 0 radical (unpaired) electrons. The van der Waals surface area contributed by atoms with Crippen molar-refractivity contribution in [1.82, 2.24) is 0 Å². The number of hydrogen-bond donors (Lipinski definition) is 0. The number of halogens is 1. The van der Waals surface area contributed by atoms with E-state index in [4.69, 9.17) is 9.47 Å². The summed E-state index contributed by atoms with van der Waals surface area (Å²) in [6.45, 7) is 5.53. The summed E-state index contributed by atoms with van der Waals surface area (Å²) in [5.74, 6) is 1.10. The van der Waals surface area contributed by atoms with Gasteiger partial charge in [-0.05, 0) is 32.9 Å². The Balaban J connectivity index is 2.57. The first-order chi connectivity index (χ1) is 8.83. The topological polar surface area (TPSA) is 52.6 Å². The number of Topliss-reactive ketones (excluding diaryl/α,β-unsaturated/α-hetero) is 1. The minimum Gasteiger partial charge on any atom is -0.442 e. The van der Waals surface area contributed by atoms with Crippen molar-refractivity contribution in [1.29, 1.82) is 0 Å². The fourth-order valence-corrected chi connectivity index (χ4v) is 2.36. The highest BCUT2D eigenvalue weighted by Gasteiger charge is 2.38. The van der Waals surface area contributed by atoms with Crippen molar-refractivity contribution in [3.63, 3.8) is 0 Å². The molecule has 5 heteroatoms. The monoisotopic (exact) mass is 324 g/mol. The molecule has 0 saturated carbocycles. The fourth-order valence-electron chi connectivity index (χ4n) is 1.81. The summed E-state index contributed by atoms with van der Waals surface area (Å²) in [6.07, 6.45) is -0.865. The molecule has 0 aliphatic carbocycles. The van der Waals surface area contributed by atoms with Crippen LogP contribution < -0.4 is 4.74 Å². The number of rotatable bonds is 1. The molecule has 19 heavy (non-hydrogen) atoms. The minimum absolute atomic E-state index is 0.347. The van der Waals surface area contributed by atoms with Gasteiger partial charge in [0.05, 0.1) is 5.60 Å². The van der Waals surface area contributed by atoms with Gasteiger partial charge < -0.3 is 9.47 Å². The average molecular weight is 325 g/mol. The molecule has 0 spiro atoms. The molecule has 0 bridgehead atoms. The van der Waals surface area contributed by atoms with Crippen LogP contribution >= 0.6 is 15.9 Å². The predicted octanol–water partition coefficient (Wildman–Crippen LogP) is 2.98. The Morgan fingerprint density at radius 1 is 1.37 bits per heavy atom. The third kappa shape index (κ3) is 2.78. The van der Waals surface area contributed by atoms with Crippen LogP contribution in [-0.4, -0.2) is 17.3 Å². The molecule has 0 N–H and O–H groups in total. The van der Waals surface area contributed by atoms with Crippen LogP contribution in [0.2, 0.25) is 0 Å². The fraction of sp³-hybridized carbons (Fsp3) is 0.357. The van der Waals surface area contributed by atoms with Crippen molar-refractivity contribution in [2.24, 2.45) is 0 Å². The Morgan fingerprint density at radius 3 is 2.63 bits per heavy atom. The molecule has 4 nitrogen and oxygen atoms in total. The van der Waals surface area contributed by atoms with Gasteiger partial charge in [-0.25, -0.2) is 4.79 Å². The SMILES string of the molecule is CC(C)(C)OC1C(=O)C(=C=O)Oc2cccc(Br)c21. The molecule has 0 saturated heterocycles. The van der Waals surface area contributed by atoms with Gasteiger partial charge in [0, 0.05) is 10.0 Å². The molecule has 0 amide bonds. The summed E-state index contributed by atoms with van der Waals surface area (Å²) in [4.78, 5) is 23.0. The lowest BCUT2D eigenvalue weighted by Gasteiger charge is -2.31. The molecule has 100 valence electrons. The standard InChI is InChI=1S/C14H13BrO4/c1-14(2,3)19-13-11-8(15)5-4-6-9(11)18-10(7-16)12(13)17/h4-6,13H,1-3H3. The molecule has 0 aromatic heterocycles.